The molecule has 2 aromatic carbocycles. The molecule has 0 aliphatic carbocycles. The number of nitrogens with one attached hydrogen (secondary N) is 1. The first-order chi connectivity index (χ1) is 14.6. The Labute approximate surface area is 199 Å². The lowest BCUT2D eigenvalue weighted by atomic mass is 10.1. The van der Waals surface area contributed by atoms with Crippen LogP contribution in [0.15, 0.2) is 67.0 Å². The first kappa shape index (κ1) is 24.2. The van der Waals surface area contributed by atoms with Crippen LogP contribution >= 0.6 is 0 Å². The summed E-state index contributed by atoms with van der Waals surface area (Å²) in [5.41, 5.74) is 2.65. The second-order valence-electron chi connectivity index (χ2n) is 6.58. The van der Waals surface area contributed by atoms with Crippen molar-refractivity contribution in [2.24, 2.45) is 7.05 Å². The summed E-state index contributed by atoms with van der Waals surface area (Å²) < 4.78 is 18.3. The number of carbonyl (C=O) groups excluding carboxylic acids is 1. The number of carbonyl (C=O) groups is 1. The summed E-state index contributed by atoms with van der Waals surface area (Å²) in [5.74, 6) is 1.35. The molecular weight excluding hydrogens is 507 g/mol. The van der Waals surface area contributed by atoms with E-state index in [1.54, 1.807) is 32.4 Å². The molecule has 31 heavy (non-hydrogen) atoms. The van der Waals surface area contributed by atoms with E-state index < -0.39 is 0 Å². The number of aryl methyl sites for hydroxylation is 1. The Morgan fingerprint density at radius 1 is 0.903 bits per heavy atom. The summed E-state index contributed by atoms with van der Waals surface area (Å²) in [7, 11) is 5.11. The zero-order chi connectivity index (χ0) is 21.3. The van der Waals surface area contributed by atoms with Gasteiger partial charge in [-0.15, -0.1) is 0 Å². The second kappa shape index (κ2) is 11.9. The van der Waals surface area contributed by atoms with E-state index in [1.807, 2.05) is 72.6 Å². The van der Waals surface area contributed by atoms with Gasteiger partial charge >= 0.3 is 0 Å². The fraction of sp³-hybridized carbons (Fsp3) is 0.167. The Hall–Kier alpha value is -3.07. The molecule has 6 nitrogen and oxygen atoms in total. The Bertz CT molecular complexity index is 1040. The van der Waals surface area contributed by atoms with Crippen LogP contribution in [0.2, 0.25) is 0 Å². The van der Waals surface area contributed by atoms with Crippen LogP contribution in [0.25, 0.3) is 12.2 Å². The van der Waals surface area contributed by atoms with E-state index in [2.05, 4.69) is 5.32 Å². The fourth-order valence-electron chi connectivity index (χ4n) is 2.80. The molecule has 0 spiro atoms. The maximum absolute atomic E-state index is 12.3. The number of pyridine rings is 1. The van der Waals surface area contributed by atoms with Gasteiger partial charge in [-0.1, -0.05) is 30.4 Å². The number of amides is 1. The average Bonchev–Trinajstić information content (AvgIpc) is 2.78. The highest BCUT2D eigenvalue weighted by molar-refractivity contribution is 5.93. The number of halogens is 1. The maximum atomic E-state index is 12.3. The molecule has 0 saturated heterocycles. The van der Waals surface area contributed by atoms with Gasteiger partial charge in [-0.3, -0.25) is 4.79 Å². The van der Waals surface area contributed by atoms with Crippen molar-refractivity contribution in [1.82, 2.24) is 0 Å². The minimum Gasteiger partial charge on any atom is -1.00 e. The van der Waals surface area contributed by atoms with Crippen LogP contribution in [0.3, 0.4) is 0 Å². The molecule has 0 atom stereocenters. The van der Waals surface area contributed by atoms with Gasteiger partial charge < -0.3 is 43.5 Å². The predicted molar refractivity (Wildman–Crippen MR) is 117 cm³/mol. The molecule has 1 heterocycles. The highest BCUT2D eigenvalue weighted by atomic mass is 127. The molecule has 0 aliphatic rings. The van der Waals surface area contributed by atoms with Gasteiger partial charge in [0.15, 0.2) is 30.5 Å². The van der Waals surface area contributed by atoms with Crippen LogP contribution in [-0.2, 0) is 11.8 Å². The van der Waals surface area contributed by atoms with Crippen molar-refractivity contribution in [3.8, 4) is 17.2 Å². The SMILES string of the molecule is COc1ccccc1NC(=O)COc1ccc(/C=C/c2cc[n+](C)cc2)cc1OC.[I-]. The van der Waals surface area contributed by atoms with E-state index in [4.69, 9.17) is 14.2 Å². The molecule has 0 aliphatic heterocycles. The molecular formula is C24H25IN2O4. The number of hydrogen-bond donors (Lipinski definition) is 1. The van der Waals surface area contributed by atoms with Crippen LogP contribution in [0.4, 0.5) is 5.69 Å². The Kier molecular flexibility index (Phi) is 9.33. The molecule has 0 radical (unpaired) electrons. The number of para-hydroxylation sites is 2. The Balaban J connectivity index is 0.00000341. The molecule has 0 unspecified atom stereocenters. The van der Waals surface area contributed by atoms with Gasteiger partial charge in [-0.05, 0) is 35.4 Å². The second-order valence-corrected chi connectivity index (χ2v) is 6.58. The molecule has 162 valence electrons. The number of hydrogen-bond acceptors (Lipinski definition) is 4. The third-order valence-electron chi connectivity index (χ3n) is 4.40. The predicted octanol–water partition coefficient (Wildman–Crippen LogP) is 0.720. The summed E-state index contributed by atoms with van der Waals surface area (Å²) in [6.45, 7) is -0.148. The maximum Gasteiger partial charge on any atom is 0.262 e. The van der Waals surface area contributed by atoms with Crippen LogP contribution in [0, 0.1) is 0 Å². The summed E-state index contributed by atoms with van der Waals surface area (Å²) in [6, 6.07) is 16.8. The minimum atomic E-state index is -0.289. The molecule has 7 heteroatoms. The first-order valence-corrected chi connectivity index (χ1v) is 9.46. The highest BCUT2D eigenvalue weighted by Crippen LogP contribution is 2.29. The van der Waals surface area contributed by atoms with E-state index in [0.717, 1.165) is 11.1 Å². The zero-order valence-electron chi connectivity index (χ0n) is 17.7. The normalized spacial score (nSPS) is 10.3. The lowest BCUT2D eigenvalue weighted by molar-refractivity contribution is -0.671. The fourth-order valence-corrected chi connectivity index (χ4v) is 2.80. The van der Waals surface area contributed by atoms with Gasteiger partial charge in [0.25, 0.3) is 5.91 Å². The van der Waals surface area contributed by atoms with Crippen molar-refractivity contribution in [3.05, 3.63) is 78.1 Å². The van der Waals surface area contributed by atoms with Crippen molar-refractivity contribution in [2.75, 3.05) is 26.1 Å². The van der Waals surface area contributed by atoms with E-state index in [0.29, 0.717) is 22.9 Å². The van der Waals surface area contributed by atoms with E-state index in [-0.39, 0.29) is 36.5 Å². The smallest absolute Gasteiger partial charge is 0.262 e. The number of methoxy groups -OCH3 is 2. The first-order valence-electron chi connectivity index (χ1n) is 9.46. The number of rotatable bonds is 8. The van der Waals surface area contributed by atoms with Crippen LogP contribution in [0.1, 0.15) is 11.1 Å². The Morgan fingerprint density at radius 3 is 2.29 bits per heavy atom. The van der Waals surface area contributed by atoms with Crippen molar-refractivity contribution >= 4 is 23.7 Å². The number of benzene rings is 2. The molecule has 1 aromatic heterocycles. The zero-order valence-corrected chi connectivity index (χ0v) is 19.8. The van der Waals surface area contributed by atoms with Crippen LogP contribution in [0.5, 0.6) is 17.2 Å². The van der Waals surface area contributed by atoms with Crippen molar-refractivity contribution in [3.63, 3.8) is 0 Å². The number of anilines is 1. The summed E-state index contributed by atoms with van der Waals surface area (Å²) in [5, 5.41) is 2.78. The van der Waals surface area contributed by atoms with Gasteiger partial charge in [-0.25, -0.2) is 4.57 Å². The van der Waals surface area contributed by atoms with Gasteiger partial charge in [0.1, 0.15) is 12.8 Å². The standard InChI is InChI=1S/C24H24N2O4.HI/c1-26-14-12-18(13-15-26)8-9-19-10-11-22(23(16-19)29-3)30-17-24(27)25-20-6-4-5-7-21(20)28-2;/h4-16H,17H2,1-3H3;1H/b9-8+;. The summed E-state index contributed by atoms with van der Waals surface area (Å²) in [6.07, 6.45) is 8.01. The van der Waals surface area contributed by atoms with Crippen LogP contribution < -0.4 is 48.1 Å². The Morgan fingerprint density at radius 2 is 1.58 bits per heavy atom. The summed E-state index contributed by atoms with van der Waals surface area (Å²) >= 11 is 0. The topological polar surface area (TPSA) is 60.7 Å². The lowest BCUT2D eigenvalue weighted by Gasteiger charge is -2.13. The molecule has 0 saturated carbocycles. The summed E-state index contributed by atoms with van der Waals surface area (Å²) in [4.78, 5) is 12.3. The molecule has 0 bridgehead atoms. The highest BCUT2D eigenvalue weighted by Gasteiger charge is 2.10. The number of ether oxygens (including phenoxy) is 3. The van der Waals surface area contributed by atoms with Crippen molar-refractivity contribution < 1.29 is 47.5 Å². The molecule has 3 aromatic rings. The van der Waals surface area contributed by atoms with E-state index >= 15 is 0 Å². The monoisotopic (exact) mass is 532 g/mol. The van der Waals surface area contributed by atoms with Gasteiger partial charge in [-0.2, -0.15) is 0 Å². The molecule has 0 fully saturated rings. The minimum absolute atomic E-state index is 0. The van der Waals surface area contributed by atoms with E-state index in [9.17, 15) is 4.79 Å². The average molecular weight is 532 g/mol. The van der Waals surface area contributed by atoms with Gasteiger partial charge in [0.05, 0.1) is 19.9 Å². The van der Waals surface area contributed by atoms with E-state index in [1.165, 1.54) is 0 Å². The molecule has 1 N–H and O–H groups in total. The van der Waals surface area contributed by atoms with Crippen LogP contribution in [-0.4, -0.2) is 26.7 Å². The van der Waals surface area contributed by atoms with Crippen molar-refractivity contribution in [2.45, 2.75) is 0 Å². The number of aromatic nitrogens is 1. The lowest BCUT2D eigenvalue weighted by Crippen LogP contribution is -3.00. The van der Waals surface area contributed by atoms with Gasteiger partial charge in [0, 0.05) is 12.1 Å². The molecule has 1 amide bonds. The molecule has 3 rings (SSSR count). The quantitative estimate of drug-likeness (QED) is 0.344. The third kappa shape index (κ3) is 6.99. The number of nitrogens with zero attached hydrogens (tertiary/aromatic N) is 1. The largest absolute Gasteiger partial charge is 1.00 e. The van der Waals surface area contributed by atoms with Gasteiger partial charge in [0.2, 0.25) is 0 Å². The van der Waals surface area contributed by atoms with Crippen molar-refractivity contribution in [1.29, 1.82) is 0 Å². The third-order valence-corrected chi connectivity index (χ3v) is 4.40.